The van der Waals surface area contributed by atoms with Crippen LogP contribution in [0.4, 0.5) is 11.9 Å². The Morgan fingerprint density at radius 1 is 1.33 bits per heavy atom. The second-order valence-corrected chi connectivity index (χ2v) is 4.57. The number of nitrogens with one attached hydrogen (secondary N) is 1. The highest BCUT2D eigenvalue weighted by Crippen LogP contribution is 2.27. The summed E-state index contributed by atoms with van der Waals surface area (Å²) in [6.07, 6.45) is 4.74. The van der Waals surface area contributed by atoms with E-state index in [4.69, 9.17) is 4.74 Å². The molecule has 0 aliphatic heterocycles. The minimum absolute atomic E-state index is 0.366. The molecule has 18 heavy (non-hydrogen) atoms. The third-order valence-corrected chi connectivity index (χ3v) is 3.26. The summed E-state index contributed by atoms with van der Waals surface area (Å²) >= 11 is 0. The largest absolute Gasteiger partial charge is 0.467 e. The number of rotatable bonds is 6. The first-order valence-electron chi connectivity index (χ1n) is 6.51. The van der Waals surface area contributed by atoms with Crippen LogP contribution in [0.5, 0.6) is 6.01 Å². The summed E-state index contributed by atoms with van der Waals surface area (Å²) in [6.45, 7) is 2.95. The van der Waals surface area contributed by atoms with Crippen molar-refractivity contribution in [3.8, 4) is 6.01 Å². The number of methoxy groups -OCH3 is 1. The minimum Gasteiger partial charge on any atom is -0.467 e. The smallest absolute Gasteiger partial charge is 0.322 e. The van der Waals surface area contributed by atoms with Crippen LogP contribution < -0.4 is 15.0 Å². The van der Waals surface area contributed by atoms with Gasteiger partial charge in [-0.05, 0) is 25.7 Å². The summed E-state index contributed by atoms with van der Waals surface area (Å²) < 4.78 is 5.13. The fourth-order valence-electron chi connectivity index (χ4n) is 1.85. The Hall–Kier alpha value is -1.59. The van der Waals surface area contributed by atoms with Crippen molar-refractivity contribution in [1.29, 1.82) is 0 Å². The average molecular weight is 251 g/mol. The second kappa shape index (κ2) is 5.84. The maximum atomic E-state index is 5.13. The quantitative estimate of drug-likeness (QED) is 0.830. The number of ether oxygens (including phenoxy) is 1. The van der Waals surface area contributed by atoms with Gasteiger partial charge >= 0.3 is 6.01 Å². The second-order valence-electron chi connectivity index (χ2n) is 4.57. The Labute approximate surface area is 108 Å². The maximum absolute atomic E-state index is 5.13. The molecule has 0 amide bonds. The first-order chi connectivity index (χ1) is 8.74. The van der Waals surface area contributed by atoms with Crippen LogP contribution in [-0.4, -0.2) is 41.7 Å². The van der Waals surface area contributed by atoms with E-state index in [1.165, 1.54) is 19.3 Å². The lowest BCUT2D eigenvalue weighted by Crippen LogP contribution is -2.38. The third kappa shape index (κ3) is 2.80. The van der Waals surface area contributed by atoms with E-state index in [0.717, 1.165) is 13.0 Å². The van der Waals surface area contributed by atoms with E-state index in [1.54, 1.807) is 7.11 Å². The molecule has 6 nitrogen and oxygen atoms in total. The molecule has 1 aromatic heterocycles. The van der Waals surface area contributed by atoms with Crippen molar-refractivity contribution >= 4 is 11.9 Å². The number of nitrogens with zero attached hydrogens (tertiary/aromatic N) is 4. The first-order valence-corrected chi connectivity index (χ1v) is 6.51. The van der Waals surface area contributed by atoms with E-state index in [2.05, 4.69) is 32.1 Å². The van der Waals surface area contributed by atoms with E-state index in [0.29, 0.717) is 23.9 Å². The summed E-state index contributed by atoms with van der Waals surface area (Å²) in [5.74, 6) is 1.27. The van der Waals surface area contributed by atoms with Crippen LogP contribution in [0.25, 0.3) is 0 Å². The van der Waals surface area contributed by atoms with Crippen molar-refractivity contribution in [2.45, 2.75) is 38.6 Å². The number of hydrogen-bond acceptors (Lipinski definition) is 6. The van der Waals surface area contributed by atoms with E-state index in [-0.39, 0.29) is 0 Å². The molecular formula is C12H21N5O. The molecule has 1 aliphatic carbocycles. The lowest BCUT2D eigenvalue weighted by atomic mass is 9.92. The summed E-state index contributed by atoms with van der Waals surface area (Å²) in [6, 6.07) is 0.918. The Kier molecular flexibility index (Phi) is 4.17. The molecule has 0 spiro atoms. The van der Waals surface area contributed by atoms with Crippen LogP contribution in [0.3, 0.4) is 0 Å². The van der Waals surface area contributed by atoms with E-state index in [1.807, 2.05) is 7.05 Å². The normalized spacial score (nSPS) is 15.1. The zero-order chi connectivity index (χ0) is 13.0. The van der Waals surface area contributed by atoms with Gasteiger partial charge in [0.1, 0.15) is 0 Å². The van der Waals surface area contributed by atoms with E-state index < -0.39 is 0 Å². The Balaban J connectivity index is 2.16. The molecule has 1 fully saturated rings. The molecule has 0 atom stereocenters. The monoisotopic (exact) mass is 251 g/mol. The summed E-state index contributed by atoms with van der Waals surface area (Å²) in [4.78, 5) is 15.0. The van der Waals surface area contributed by atoms with E-state index in [9.17, 15) is 0 Å². The fraction of sp³-hybridized carbons (Fsp3) is 0.750. The van der Waals surface area contributed by atoms with Crippen LogP contribution in [-0.2, 0) is 0 Å². The highest BCUT2D eigenvalue weighted by atomic mass is 16.5. The lowest BCUT2D eigenvalue weighted by molar-refractivity contribution is 0.371. The van der Waals surface area contributed by atoms with Gasteiger partial charge in [0, 0.05) is 19.6 Å². The molecule has 2 rings (SSSR count). The molecule has 1 heterocycles. The van der Waals surface area contributed by atoms with Gasteiger partial charge in [-0.1, -0.05) is 6.92 Å². The molecular weight excluding hydrogens is 230 g/mol. The van der Waals surface area contributed by atoms with Crippen LogP contribution >= 0.6 is 0 Å². The van der Waals surface area contributed by atoms with Crippen LogP contribution in [0, 0.1) is 0 Å². The van der Waals surface area contributed by atoms with Crippen molar-refractivity contribution in [2.24, 2.45) is 0 Å². The molecule has 1 N–H and O–H groups in total. The SMILES string of the molecule is CCCNc1nc(OC)nc(N(C)C2CCC2)n1. The van der Waals surface area contributed by atoms with Gasteiger partial charge in [-0.15, -0.1) is 0 Å². The predicted molar refractivity (Wildman–Crippen MR) is 71.2 cm³/mol. The number of anilines is 2. The van der Waals surface area contributed by atoms with E-state index >= 15 is 0 Å². The van der Waals surface area contributed by atoms with Gasteiger partial charge in [0.2, 0.25) is 11.9 Å². The zero-order valence-electron chi connectivity index (χ0n) is 11.3. The molecule has 1 aromatic rings. The van der Waals surface area contributed by atoms with Crippen LogP contribution in [0.1, 0.15) is 32.6 Å². The van der Waals surface area contributed by atoms with Crippen molar-refractivity contribution < 1.29 is 4.74 Å². The maximum Gasteiger partial charge on any atom is 0.322 e. The fourth-order valence-corrected chi connectivity index (χ4v) is 1.85. The number of hydrogen-bond donors (Lipinski definition) is 1. The van der Waals surface area contributed by atoms with Gasteiger partial charge in [-0.25, -0.2) is 0 Å². The topological polar surface area (TPSA) is 63.2 Å². The number of aromatic nitrogens is 3. The van der Waals surface area contributed by atoms with Crippen molar-refractivity contribution in [2.75, 3.05) is 30.9 Å². The average Bonchev–Trinajstić information content (AvgIpc) is 2.33. The van der Waals surface area contributed by atoms with Gasteiger partial charge in [0.25, 0.3) is 0 Å². The molecule has 1 saturated carbocycles. The highest BCUT2D eigenvalue weighted by molar-refractivity contribution is 5.39. The molecule has 0 unspecified atom stereocenters. The molecule has 0 bridgehead atoms. The minimum atomic E-state index is 0.366. The van der Waals surface area contributed by atoms with Gasteiger partial charge in [-0.3, -0.25) is 0 Å². The van der Waals surface area contributed by atoms with Crippen LogP contribution in [0.2, 0.25) is 0 Å². The molecule has 1 aliphatic rings. The van der Waals surface area contributed by atoms with Gasteiger partial charge in [0.15, 0.2) is 0 Å². The molecule has 100 valence electrons. The summed E-state index contributed by atoms with van der Waals surface area (Å²) in [5, 5.41) is 3.17. The van der Waals surface area contributed by atoms with Gasteiger partial charge in [0.05, 0.1) is 7.11 Å². The van der Waals surface area contributed by atoms with Gasteiger partial charge < -0.3 is 15.0 Å². The molecule has 0 radical (unpaired) electrons. The van der Waals surface area contributed by atoms with Gasteiger partial charge in [-0.2, -0.15) is 15.0 Å². The van der Waals surface area contributed by atoms with Crippen molar-refractivity contribution in [1.82, 2.24) is 15.0 Å². The third-order valence-electron chi connectivity index (χ3n) is 3.26. The molecule has 0 saturated heterocycles. The zero-order valence-corrected chi connectivity index (χ0v) is 11.3. The Bertz CT molecular complexity index is 394. The predicted octanol–water partition coefficient (Wildman–Crippen LogP) is 1.69. The van der Waals surface area contributed by atoms with Crippen molar-refractivity contribution in [3.05, 3.63) is 0 Å². The Morgan fingerprint density at radius 2 is 2.11 bits per heavy atom. The molecule has 0 aromatic carbocycles. The highest BCUT2D eigenvalue weighted by Gasteiger charge is 2.24. The lowest BCUT2D eigenvalue weighted by Gasteiger charge is -2.34. The van der Waals surface area contributed by atoms with Crippen LogP contribution in [0.15, 0.2) is 0 Å². The standard InChI is InChI=1S/C12H21N5O/c1-4-8-13-10-14-11(16-12(15-10)18-3)17(2)9-6-5-7-9/h9H,4-8H2,1-3H3,(H,13,14,15,16). The summed E-state index contributed by atoms with van der Waals surface area (Å²) in [7, 11) is 3.61. The molecule has 6 heteroatoms. The first kappa shape index (κ1) is 12.9. The Morgan fingerprint density at radius 3 is 2.67 bits per heavy atom. The summed E-state index contributed by atoms with van der Waals surface area (Å²) in [5.41, 5.74) is 0. The van der Waals surface area contributed by atoms with Crippen molar-refractivity contribution in [3.63, 3.8) is 0 Å².